The molecule has 0 aliphatic heterocycles. The molecule has 5 nitrogen and oxygen atoms in total. The summed E-state index contributed by atoms with van der Waals surface area (Å²) in [6.07, 6.45) is 3.18. The molecule has 1 amide bonds. The Balaban J connectivity index is 1.93. The van der Waals surface area contributed by atoms with Crippen LogP contribution in [0, 0.1) is 11.8 Å². The lowest BCUT2D eigenvalue weighted by atomic mass is 10.1. The molecule has 5 heteroatoms. The van der Waals surface area contributed by atoms with Crippen molar-refractivity contribution in [2.75, 3.05) is 39.8 Å². The van der Waals surface area contributed by atoms with Crippen LogP contribution in [-0.4, -0.2) is 40.8 Å². The molecule has 2 rings (SSSR count). The molecule has 0 unspecified atom stereocenters. The first kappa shape index (κ1) is 19.9. The fourth-order valence-corrected chi connectivity index (χ4v) is 2.43. The summed E-state index contributed by atoms with van der Waals surface area (Å²) in [6.45, 7) is 0.275. The topological polar surface area (TPSA) is 50.8 Å². The number of carbonyl (C=O) groups excluding carboxylic acids is 1. The van der Waals surface area contributed by atoms with Gasteiger partial charge in [-0.15, -0.1) is 0 Å². The summed E-state index contributed by atoms with van der Waals surface area (Å²) in [6, 6.07) is 13.3. The molecule has 0 aliphatic carbocycles. The summed E-state index contributed by atoms with van der Waals surface area (Å²) in [5, 5.41) is 2.75. The summed E-state index contributed by atoms with van der Waals surface area (Å²) >= 11 is 0. The fraction of sp³-hybridized carbons (Fsp3) is 0.227. The van der Waals surface area contributed by atoms with Crippen LogP contribution < -0.4 is 19.7 Å². The minimum Gasteiger partial charge on any atom is -0.493 e. The largest absolute Gasteiger partial charge is 0.493 e. The van der Waals surface area contributed by atoms with E-state index in [4.69, 9.17) is 9.47 Å². The Morgan fingerprint density at radius 1 is 1.11 bits per heavy atom. The zero-order valence-electron chi connectivity index (χ0n) is 16.1. The van der Waals surface area contributed by atoms with Crippen LogP contribution in [0.2, 0.25) is 0 Å². The van der Waals surface area contributed by atoms with Crippen molar-refractivity contribution in [3.05, 3.63) is 59.7 Å². The molecule has 0 aromatic heterocycles. The van der Waals surface area contributed by atoms with Gasteiger partial charge in [-0.05, 0) is 35.9 Å². The Labute approximate surface area is 160 Å². The van der Waals surface area contributed by atoms with E-state index in [1.54, 1.807) is 32.4 Å². The summed E-state index contributed by atoms with van der Waals surface area (Å²) in [5.74, 6) is 7.12. The Morgan fingerprint density at radius 3 is 2.56 bits per heavy atom. The van der Waals surface area contributed by atoms with Gasteiger partial charge in [0.15, 0.2) is 11.5 Å². The lowest BCUT2D eigenvalue weighted by Crippen LogP contribution is -2.21. The predicted octanol–water partition coefficient (Wildman–Crippen LogP) is 2.95. The third-order valence-corrected chi connectivity index (χ3v) is 3.79. The van der Waals surface area contributed by atoms with E-state index in [1.165, 1.54) is 6.08 Å². The Kier molecular flexibility index (Phi) is 7.33. The van der Waals surface area contributed by atoms with E-state index in [1.807, 2.05) is 49.3 Å². The van der Waals surface area contributed by atoms with E-state index in [0.717, 1.165) is 16.8 Å². The second-order valence-corrected chi connectivity index (χ2v) is 5.88. The van der Waals surface area contributed by atoms with E-state index in [0.29, 0.717) is 11.5 Å². The van der Waals surface area contributed by atoms with Crippen molar-refractivity contribution in [3.8, 4) is 23.3 Å². The maximum atomic E-state index is 12.0. The summed E-state index contributed by atoms with van der Waals surface area (Å²) in [7, 11) is 7.10. The van der Waals surface area contributed by atoms with Gasteiger partial charge in [0.25, 0.3) is 0 Å². The maximum absolute atomic E-state index is 12.0. The highest BCUT2D eigenvalue weighted by Gasteiger charge is 2.03. The first-order valence-electron chi connectivity index (χ1n) is 8.48. The minimum absolute atomic E-state index is 0.208. The third-order valence-electron chi connectivity index (χ3n) is 3.79. The number of ether oxygens (including phenoxy) is 2. The molecule has 0 radical (unpaired) electrons. The molecule has 27 heavy (non-hydrogen) atoms. The second kappa shape index (κ2) is 9.93. The van der Waals surface area contributed by atoms with Crippen molar-refractivity contribution >= 4 is 17.7 Å². The average molecular weight is 364 g/mol. The molecule has 0 saturated carbocycles. The van der Waals surface area contributed by atoms with Crippen molar-refractivity contribution in [1.82, 2.24) is 5.32 Å². The second-order valence-electron chi connectivity index (χ2n) is 5.88. The van der Waals surface area contributed by atoms with E-state index in [-0.39, 0.29) is 12.5 Å². The maximum Gasteiger partial charge on any atom is 0.244 e. The van der Waals surface area contributed by atoms with Crippen molar-refractivity contribution in [1.29, 1.82) is 0 Å². The van der Waals surface area contributed by atoms with Crippen molar-refractivity contribution in [2.45, 2.75) is 0 Å². The molecule has 0 aliphatic rings. The lowest BCUT2D eigenvalue weighted by Gasteiger charge is -2.13. The molecule has 0 heterocycles. The number of nitrogens with one attached hydrogen (secondary N) is 1. The van der Waals surface area contributed by atoms with Gasteiger partial charge in [0.2, 0.25) is 5.91 Å². The van der Waals surface area contributed by atoms with Crippen molar-refractivity contribution in [3.63, 3.8) is 0 Å². The Hall–Kier alpha value is -3.39. The van der Waals surface area contributed by atoms with Crippen LogP contribution in [0.15, 0.2) is 48.5 Å². The van der Waals surface area contributed by atoms with E-state index in [2.05, 4.69) is 17.2 Å². The van der Waals surface area contributed by atoms with Crippen LogP contribution in [0.25, 0.3) is 6.08 Å². The molecule has 2 aromatic carbocycles. The Morgan fingerprint density at radius 2 is 1.85 bits per heavy atom. The first-order chi connectivity index (χ1) is 13.0. The lowest BCUT2D eigenvalue weighted by molar-refractivity contribution is -0.116. The van der Waals surface area contributed by atoms with E-state index in [9.17, 15) is 4.79 Å². The number of anilines is 1. The van der Waals surface area contributed by atoms with Gasteiger partial charge in [0.1, 0.15) is 0 Å². The zero-order valence-corrected chi connectivity index (χ0v) is 16.1. The number of benzene rings is 2. The fourth-order valence-electron chi connectivity index (χ4n) is 2.43. The van der Waals surface area contributed by atoms with E-state index < -0.39 is 0 Å². The molecule has 0 bridgehead atoms. The zero-order chi connectivity index (χ0) is 19.6. The van der Waals surface area contributed by atoms with Gasteiger partial charge in [-0.25, -0.2) is 0 Å². The van der Waals surface area contributed by atoms with Crippen LogP contribution >= 0.6 is 0 Å². The number of rotatable bonds is 6. The average Bonchev–Trinajstić information content (AvgIpc) is 2.69. The Bertz CT molecular complexity index is 877. The molecule has 140 valence electrons. The molecule has 0 fully saturated rings. The van der Waals surface area contributed by atoms with Crippen molar-refractivity contribution < 1.29 is 14.3 Å². The molecule has 0 spiro atoms. The first-order valence-corrected chi connectivity index (χ1v) is 8.48. The summed E-state index contributed by atoms with van der Waals surface area (Å²) in [5.41, 5.74) is 2.82. The van der Waals surface area contributed by atoms with Gasteiger partial charge < -0.3 is 19.7 Å². The molecule has 0 saturated heterocycles. The summed E-state index contributed by atoms with van der Waals surface area (Å²) in [4.78, 5) is 14.0. The highest BCUT2D eigenvalue weighted by molar-refractivity contribution is 5.92. The molecule has 1 N–H and O–H groups in total. The number of para-hydroxylation sites is 1. The molecule has 2 aromatic rings. The molecular formula is C22H24N2O3. The van der Waals surface area contributed by atoms with Gasteiger partial charge in [-0.2, -0.15) is 0 Å². The normalized spacial score (nSPS) is 10.1. The molecule has 0 atom stereocenters. The number of carbonyl (C=O) groups is 1. The minimum atomic E-state index is -0.208. The smallest absolute Gasteiger partial charge is 0.244 e. The SMILES string of the molecule is COc1ccc(/C=C/C(=O)NCC#Cc2ccccc2N(C)C)cc1OC. The van der Waals surface area contributed by atoms with Gasteiger partial charge >= 0.3 is 0 Å². The van der Waals surface area contributed by atoms with Crippen LogP contribution in [-0.2, 0) is 4.79 Å². The van der Waals surface area contributed by atoms with E-state index >= 15 is 0 Å². The van der Waals surface area contributed by atoms with Crippen molar-refractivity contribution in [2.24, 2.45) is 0 Å². The monoisotopic (exact) mass is 364 g/mol. The number of hydrogen-bond acceptors (Lipinski definition) is 4. The van der Waals surface area contributed by atoms with Gasteiger partial charge in [0.05, 0.1) is 26.5 Å². The van der Waals surface area contributed by atoms with Gasteiger partial charge in [-0.1, -0.05) is 30.0 Å². The number of hydrogen-bond donors (Lipinski definition) is 1. The van der Waals surface area contributed by atoms with Crippen LogP contribution in [0.1, 0.15) is 11.1 Å². The summed E-state index contributed by atoms with van der Waals surface area (Å²) < 4.78 is 10.4. The van der Waals surface area contributed by atoms with Gasteiger partial charge in [-0.3, -0.25) is 4.79 Å². The van der Waals surface area contributed by atoms with Crippen LogP contribution in [0.4, 0.5) is 5.69 Å². The quantitative estimate of drug-likeness (QED) is 0.632. The highest BCUT2D eigenvalue weighted by atomic mass is 16.5. The predicted molar refractivity (Wildman–Crippen MR) is 109 cm³/mol. The number of methoxy groups -OCH3 is 2. The third kappa shape index (κ3) is 5.82. The highest BCUT2D eigenvalue weighted by Crippen LogP contribution is 2.27. The molecular weight excluding hydrogens is 340 g/mol. The number of amides is 1. The standard InChI is InChI=1S/C22H24N2O3/c1-24(2)19-10-6-5-8-18(19)9-7-15-23-22(25)14-12-17-11-13-20(26-3)21(16-17)27-4/h5-6,8,10-14,16H,15H2,1-4H3,(H,23,25)/b14-12+. The van der Waals surface area contributed by atoms with Crippen LogP contribution in [0.5, 0.6) is 11.5 Å². The number of nitrogens with zero attached hydrogens (tertiary/aromatic N) is 1. The van der Waals surface area contributed by atoms with Gasteiger partial charge in [0, 0.05) is 25.7 Å². The van der Waals surface area contributed by atoms with Crippen LogP contribution in [0.3, 0.4) is 0 Å².